The third kappa shape index (κ3) is 9.33. The average molecular weight is 457 g/mol. The number of nitrogens with zero attached hydrogens (tertiary/aromatic N) is 3. The first kappa shape index (κ1) is 21.3. The molecule has 6 nitrogen and oxygen atoms in total. The number of halogens is 1. The lowest BCUT2D eigenvalue weighted by Crippen LogP contribution is -2.38. The molecule has 2 rings (SSSR count). The maximum atomic E-state index is 5.67. The molecule has 0 fully saturated rings. The van der Waals surface area contributed by atoms with Crippen LogP contribution in [0.15, 0.2) is 54.0 Å². The number of hydrogen-bond donors (Lipinski definition) is 2. The van der Waals surface area contributed by atoms with Gasteiger partial charge in [-0.2, -0.15) is 0 Å². The lowest BCUT2D eigenvalue weighted by molar-refractivity contribution is 0.313. The number of aryl methyl sites for hydroxylation is 1. The number of rotatable bonds is 10. The number of aliphatic imine (C=N–C) groups is 1. The van der Waals surface area contributed by atoms with Crippen LogP contribution in [0.2, 0.25) is 0 Å². The molecular formula is C18H28IN5O. The van der Waals surface area contributed by atoms with Crippen LogP contribution in [0, 0.1) is 0 Å². The van der Waals surface area contributed by atoms with Crippen LogP contribution in [0.25, 0.3) is 0 Å². The number of aromatic nitrogens is 2. The standard InChI is InChI=1S/C18H27N5O.HI/c1-2-20-18(21-10-6-13-23-14-12-19-16-23)22-11-7-15-24-17-8-4-3-5-9-17;/h3-5,8-9,12,14,16H,2,6-7,10-11,13,15H2,1H3,(H2,20,21,22);1H. The third-order valence-electron chi connectivity index (χ3n) is 3.37. The Morgan fingerprint density at radius 1 is 1.20 bits per heavy atom. The molecule has 0 spiro atoms. The van der Waals surface area contributed by atoms with Crippen molar-refractivity contribution in [2.24, 2.45) is 4.99 Å². The van der Waals surface area contributed by atoms with Gasteiger partial charge >= 0.3 is 0 Å². The minimum absolute atomic E-state index is 0. The van der Waals surface area contributed by atoms with Gasteiger partial charge < -0.3 is 19.9 Å². The summed E-state index contributed by atoms with van der Waals surface area (Å²) < 4.78 is 7.74. The molecule has 0 amide bonds. The van der Waals surface area contributed by atoms with Gasteiger partial charge in [-0.15, -0.1) is 24.0 Å². The van der Waals surface area contributed by atoms with E-state index < -0.39 is 0 Å². The van der Waals surface area contributed by atoms with Crippen LogP contribution in [0.3, 0.4) is 0 Å². The Hall–Kier alpha value is -1.77. The zero-order valence-electron chi connectivity index (χ0n) is 14.7. The van der Waals surface area contributed by atoms with Crippen molar-refractivity contribution in [2.45, 2.75) is 26.3 Å². The number of guanidine groups is 1. The zero-order valence-corrected chi connectivity index (χ0v) is 17.1. The largest absolute Gasteiger partial charge is 0.494 e. The molecule has 0 saturated heterocycles. The fourth-order valence-electron chi connectivity index (χ4n) is 2.19. The maximum Gasteiger partial charge on any atom is 0.191 e. The van der Waals surface area contributed by atoms with Crippen molar-refractivity contribution >= 4 is 29.9 Å². The molecular weight excluding hydrogens is 429 g/mol. The predicted octanol–water partition coefficient (Wildman–Crippen LogP) is 2.92. The number of imidazole rings is 1. The van der Waals surface area contributed by atoms with E-state index in [1.54, 1.807) is 6.20 Å². The van der Waals surface area contributed by atoms with Gasteiger partial charge in [0.05, 0.1) is 12.9 Å². The molecule has 0 bridgehead atoms. The van der Waals surface area contributed by atoms with Crippen molar-refractivity contribution in [1.29, 1.82) is 0 Å². The second kappa shape index (κ2) is 13.5. The molecule has 1 aromatic carbocycles. The van der Waals surface area contributed by atoms with E-state index in [4.69, 9.17) is 4.74 Å². The molecule has 0 aliphatic rings. The van der Waals surface area contributed by atoms with Crippen molar-refractivity contribution in [3.05, 3.63) is 49.1 Å². The Morgan fingerprint density at radius 2 is 2.04 bits per heavy atom. The second-order valence-corrected chi connectivity index (χ2v) is 5.36. The van der Waals surface area contributed by atoms with Crippen molar-refractivity contribution in [3.63, 3.8) is 0 Å². The first-order chi connectivity index (χ1) is 11.9. The highest BCUT2D eigenvalue weighted by molar-refractivity contribution is 14.0. The summed E-state index contributed by atoms with van der Waals surface area (Å²) in [6.45, 7) is 6.17. The Kier molecular flexibility index (Phi) is 11.5. The first-order valence-electron chi connectivity index (χ1n) is 8.54. The Balaban J connectivity index is 0.00000312. The summed E-state index contributed by atoms with van der Waals surface area (Å²) in [7, 11) is 0. The average Bonchev–Trinajstić information content (AvgIpc) is 3.12. The molecule has 1 aromatic heterocycles. The van der Waals surface area contributed by atoms with Gasteiger partial charge in [-0.1, -0.05) is 18.2 Å². The summed E-state index contributed by atoms with van der Waals surface area (Å²) in [5.74, 6) is 1.77. The molecule has 1 heterocycles. The fraction of sp³-hybridized carbons (Fsp3) is 0.444. The summed E-state index contributed by atoms with van der Waals surface area (Å²) >= 11 is 0. The van der Waals surface area contributed by atoms with E-state index in [1.165, 1.54) is 0 Å². The molecule has 138 valence electrons. The molecule has 25 heavy (non-hydrogen) atoms. The minimum Gasteiger partial charge on any atom is -0.494 e. The lowest BCUT2D eigenvalue weighted by atomic mass is 10.3. The molecule has 0 aliphatic heterocycles. The quantitative estimate of drug-likeness (QED) is 0.249. The first-order valence-corrected chi connectivity index (χ1v) is 8.54. The molecule has 0 saturated carbocycles. The smallest absolute Gasteiger partial charge is 0.191 e. The number of nitrogens with one attached hydrogen (secondary N) is 2. The van der Waals surface area contributed by atoms with Crippen LogP contribution < -0.4 is 15.4 Å². The minimum atomic E-state index is 0. The molecule has 0 radical (unpaired) electrons. The summed E-state index contributed by atoms with van der Waals surface area (Å²) in [4.78, 5) is 8.61. The highest BCUT2D eigenvalue weighted by Gasteiger charge is 1.97. The number of ether oxygens (including phenoxy) is 1. The van der Waals surface area contributed by atoms with E-state index in [2.05, 4.69) is 32.1 Å². The van der Waals surface area contributed by atoms with Crippen LogP contribution in [-0.2, 0) is 6.54 Å². The summed E-state index contributed by atoms with van der Waals surface area (Å²) in [6.07, 6.45) is 7.53. The van der Waals surface area contributed by atoms with Gasteiger partial charge in [0.15, 0.2) is 5.96 Å². The Bertz CT molecular complexity index is 574. The Labute approximate surface area is 167 Å². The lowest BCUT2D eigenvalue weighted by Gasteiger charge is -2.11. The molecule has 0 unspecified atom stereocenters. The zero-order chi connectivity index (χ0) is 16.9. The SMILES string of the molecule is CCNC(=NCCCOc1ccccc1)NCCCn1ccnc1.I. The van der Waals surface area contributed by atoms with E-state index in [9.17, 15) is 0 Å². The highest BCUT2D eigenvalue weighted by Crippen LogP contribution is 2.08. The monoisotopic (exact) mass is 457 g/mol. The molecule has 2 N–H and O–H groups in total. The van der Waals surface area contributed by atoms with Crippen LogP contribution >= 0.6 is 24.0 Å². The van der Waals surface area contributed by atoms with Crippen molar-refractivity contribution in [3.8, 4) is 5.75 Å². The van der Waals surface area contributed by atoms with E-state index in [0.717, 1.165) is 50.7 Å². The van der Waals surface area contributed by atoms with Crippen LogP contribution in [0.5, 0.6) is 5.75 Å². The maximum absolute atomic E-state index is 5.67. The van der Waals surface area contributed by atoms with Gasteiger partial charge in [0, 0.05) is 45.0 Å². The van der Waals surface area contributed by atoms with Gasteiger partial charge in [0.2, 0.25) is 0 Å². The molecule has 7 heteroatoms. The van der Waals surface area contributed by atoms with Gasteiger partial charge in [-0.05, 0) is 25.5 Å². The van der Waals surface area contributed by atoms with Gasteiger partial charge in [-0.3, -0.25) is 4.99 Å². The topological polar surface area (TPSA) is 63.5 Å². The predicted molar refractivity (Wildman–Crippen MR) is 113 cm³/mol. The van der Waals surface area contributed by atoms with Gasteiger partial charge in [0.1, 0.15) is 5.75 Å². The van der Waals surface area contributed by atoms with Crippen LogP contribution in [0.1, 0.15) is 19.8 Å². The Morgan fingerprint density at radius 3 is 2.76 bits per heavy atom. The number of benzene rings is 1. The number of para-hydroxylation sites is 1. The summed E-state index contributed by atoms with van der Waals surface area (Å²) in [5.41, 5.74) is 0. The van der Waals surface area contributed by atoms with E-state index in [0.29, 0.717) is 6.61 Å². The molecule has 0 aliphatic carbocycles. The van der Waals surface area contributed by atoms with Crippen LogP contribution in [0.4, 0.5) is 0 Å². The van der Waals surface area contributed by atoms with E-state index >= 15 is 0 Å². The normalized spacial score (nSPS) is 10.8. The van der Waals surface area contributed by atoms with E-state index in [1.807, 2.05) is 42.9 Å². The van der Waals surface area contributed by atoms with Crippen LogP contribution in [-0.4, -0.2) is 41.8 Å². The van der Waals surface area contributed by atoms with Crippen molar-refractivity contribution in [1.82, 2.24) is 20.2 Å². The van der Waals surface area contributed by atoms with E-state index in [-0.39, 0.29) is 24.0 Å². The van der Waals surface area contributed by atoms with Gasteiger partial charge in [-0.25, -0.2) is 4.98 Å². The summed E-state index contributed by atoms with van der Waals surface area (Å²) in [5, 5.41) is 6.62. The van der Waals surface area contributed by atoms with Crippen molar-refractivity contribution < 1.29 is 4.74 Å². The fourth-order valence-corrected chi connectivity index (χ4v) is 2.19. The highest BCUT2D eigenvalue weighted by atomic mass is 127. The third-order valence-corrected chi connectivity index (χ3v) is 3.37. The molecule has 2 aromatic rings. The number of hydrogen-bond acceptors (Lipinski definition) is 3. The molecule has 0 atom stereocenters. The summed E-state index contributed by atoms with van der Waals surface area (Å²) in [6, 6.07) is 9.87. The van der Waals surface area contributed by atoms with Crippen molar-refractivity contribution in [2.75, 3.05) is 26.2 Å². The van der Waals surface area contributed by atoms with Gasteiger partial charge in [0.25, 0.3) is 0 Å². The second-order valence-electron chi connectivity index (χ2n) is 5.36.